The normalized spacial score (nSPS) is 22.8. The molecule has 1 aliphatic heterocycles. The van der Waals surface area contributed by atoms with Crippen molar-refractivity contribution in [3.8, 4) is 0 Å². The summed E-state index contributed by atoms with van der Waals surface area (Å²) in [6.45, 7) is 1.67. The fourth-order valence-electron chi connectivity index (χ4n) is 4.81. The molecule has 0 aromatic heterocycles. The Balaban J connectivity index is 1.64. The SMILES string of the molecule is C[C@]1(C(=O)NCc2ccccc2)CN(S(=O)(=O)c2ccccc2)CC(=O)N1C1CCCC1. The molecule has 0 spiro atoms. The van der Waals surface area contributed by atoms with Gasteiger partial charge in [0, 0.05) is 19.1 Å². The molecule has 1 atom stereocenters. The molecule has 2 aliphatic rings. The third kappa shape index (κ3) is 4.29. The van der Waals surface area contributed by atoms with Crippen LogP contribution in [0.25, 0.3) is 0 Å². The van der Waals surface area contributed by atoms with Crippen LogP contribution in [0, 0.1) is 0 Å². The highest BCUT2D eigenvalue weighted by Crippen LogP contribution is 2.34. The van der Waals surface area contributed by atoms with E-state index in [1.165, 1.54) is 12.1 Å². The Morgan fingerprint density at radius 3 is 2.25 bits per heavy atom. The van der Waals surface area contributed by atoms with E-state index in [1.54, 1.807) is 30.0 Å². The first-order valence-corrected chi connectivity index (χ1v) is 12.5. The molecule has 1 N–H and O–H groups in total. The number of nitrogens with one attached hydrogen (secondary N) is 1. The Kier molecular flexibility index (Phi) is 6.35. The van der Waals surface area contributed by atoms with Crippen LogP contribution in [0.3, 0.4) is 0 Å². The van der Waals surface area contributed by atoms with Crippen LogP contribution in [-0.4, -0.2) is 54.1 Å². The van der Waals surface area contributed by atoms with Crippen molar-refractivity contribution in [1.29, 1.82) is 0 Å². The maximum Gasteiger partial charge on any atom is 0.247 e. The van der Waals surface area contributed by atoms with Crippen LogP contribution in [0.5, 0.6) is 0 Å². The zero-order chi connectivity index (χ0) is 22.8. The Bertz CT molecular complexity index is 1070. The molecule has 1 heterocycles. The van der Waals surface area contributed by atoms with Gasteiger partial charge in [0.15, 0.2) is 0 Å². The number of benzene rings is 2. The number of rotatable bonds is 6. The average molecular weight is 456 g/mol. The van der Waals surface area contributed by atoms with Gasteiger partial charge < -0.3 is 10.2 Å². The highest BCUT2D eigenvalue weighted by atomic mass is 32.2. The lowest BCUT2D eigenvalue weighted by atomic mass is 9.92. The summed E-state index contributed by atoms with van der Waals surface area (Å²) in [5.41, 5.74) is -0.353. The van der Waals surface area contributed by atoms with Crippen molar-refractivity contribution < 1.29 is 18.0 Å². The van der Waals surface area contributed by atoms with Crippen LogP contribution < -0.4 is 5.32 Å². The van der Waals surface area contributed by atoms with Gasteiger partial charge in [-0.3, -0.25) is 9.59 Å². The third-order valence-electron chi connectivity index (χ3n) is 6.45. The number of carbonyl (C=O) groups excluding carboxylic acids is 2. The zero-order valence-electron chi connectivity index (χ0n) is 18.2. The summed E-state index contributed by atoms with van der Waals surface area (Å²) in [4.78, 5) is 28.6. The van der Waals surface area contributed by atoms with Crippen LogP contribution in [0.4, 0.5) is 0 Å². The van der Waals surface area contributed by atoms with E-state index in [0.717, 1.165) is 35.6 Å². The molecule has 170 valence electrons. The van der Waals surface area contributed by atoms with E-state index in [-0.39, 0.29) is 35.8 Å². The Labute approximate surface area is 189 Å². The van der Waals surface area contributed by atoms with Gasteiger partial charge in [0.25, 0.3) is 0 Å². The molecule has 0 unspecified atom stereocenters. The number of carbonyl (C=O) groups is 2. The number of hydrogen-bond acceptors (Lipinski definition) is 4. The molecule has 4 rings (SSSR count). The van der Waals surface area contributed by atoms with Gasteiger partial charge in [-0.1, -0.05) is 61.4 Å². The van der Waals surface area contributed by atoms with Crippen LogP contribution >= 0.6 is 0 Å². The molecular formula is C24H29N3O4S. The highest BCUT2D eigenvalue weighted by molar-refractivity contribution is 7.89. The second-order valence-electron chi connectivity index (χ2n) is 8.73. The van der Waals surface area contributed by atoms with Gasteiger partial charge in [0.05, 0.1) is 11.4 Å². The van der Waals surface area contributed by atoms with Gasteiger partial charge in [-0.2, -0.15) is 4.31 Å². The van der Waals surface area contributed by atoms with E-state index >= 15 is 0 Å². The number of piperazine rings is 1. The molecule has 1 saturated carbocycles. The minimum Gasteiger partial charge on any atom is -0.350 e. The minimum atomic E-state index is -3.91. The van der Waals surface area contributed by atoms with Crippen molar-refractivity contribution in [3.63, 3.8) is 0 Å². The van der Waals surface area contributed by atoms with Crippen molar-refractivity contribution in [2.75, 3.05) is 13.1 Å². The van der Waals surface area contributed by atoms with Gasteiger partial charge in [0.1, 0.15) is 5.54 Å². The summed E-state index contributed by atoms with van der Waals surface area (Å²) in [6, 6.07) is 17.5. The molecule has 2 fully saturated rings. The molecule has 1 aliphatic carbocycles. The molecule has 32 heavy (non-hydrogen) atoms. The topological polar surface area (TPSA) is 86.8 Å². The summed E-state index contributed by atoms with van der Waals surface area (Å²) >= 11 is 0. The first kappa shape index (κ1) is 22.5. The maximum absolute atomic E-state index is 13.5. The summed E-state index contributed by atoms with van der Waals surface area (Å²) in [6.07, 6.45) is 3.67. The Morgan fingerprint density at radius 1 is 1.03 bits per heavy atom. The average Bonchev–Trinajstić information content (AvgIpc) is 3.32. The molecule has 2 amide bonds. The summed E-state index contributed by atoms with van der Waals surface area (Å²) in [7, 11) is -3.91. The summed E-state index contributed by atoms with van der Waals surface area (Å²) < 4.78 is 27.7. The molecule has 8 heteroatoms. The number of nitrogens with zero attached hydrogens (tertiary/aromatic N) is 2. The van der Waals surface area contributed by atoms with Crippen molar-refractivity contribution >= 4 is 21.8 Å². The lowest BCUT2D eigenvalue weighted by Gasteiger charge is -2.49. The van der Waals surface area contributed by atoms with Crippen molar-refractivity contribution in [3.05, 3.63) is 66.2 Å². The number of hydrogen-bond donors (Lipinski definition) is 1. The van der Waals surface area contributed by atoms with Crippen molar-refractivity contribution in [1.82, 2.24) is 14.5 Å². The molecule has 2 aromatic rings. The van der Waals surface area contributed by atoms with Gasteiger partial charge in [-0.25, -0.2) is 8.42 Å². The van der Waals surface area contributed by atoms with Crippen LogP contribution in [0.15, 0.2) is 65.6 Å². The van der Waals surface area contributed by atoms with Gasteiger partial charge in [-0.15, -0.1) is 0 Å². The zero-order valence-corrected chi connectivity index (χ0v) is 19.1. The predicted octanol–water partition coefficient (Wildman–Crippen LogP) is 2.54. The lowest BCUT2D eigenvalue weighted by Crippen LogP contribution is -2.71. The second kappa shape index (κ2) is 9.03. The number of sulfonamides is 1. The molecular weight excluding hydrogens is 426 g/mol. The van der Waals surface area contributed by atoms with E-state index in [9.17, 15) is 18.0 Å². The smallest absolute Gasteiger partial charge is 0.247 e. The predicted molar refractivity (Wildman–Crippen MR) is 121 cm³/mol. The van der Waals surface area contributed by atoms with Gasteiger partial charge in [0.2, 0.25) is 21.8 Å². The Morgan fingerprint density at radius 2 is 1.62 bits per heavy atom. The summed E-state index contributed by atoms with van der Waals surface area (Å²) in [5.74, 6) is -0.658. The van der Waals surface area contributed by atoms with Crippen LogP contribution in [0.2, 0.25) is 0 Å². The van der Waals surface area contributed by atoms with E-state index in [2.05, 4.69) is 5.32 Å². The van der Waals surface area contributed by atoms with Gasteiger partial charge in [-0.05, 0) is 37.5 Å². The third-order valence-corrected chi connectivity index (χ3v) is 8.26. The van der Waals surface area contributed by atoms with E-state index in [4.69, 9.17) is 0 Å². The van der Waals surface area contributed by atoms with Crippen molar-refractivity contribution in [2.24, 2.45) is 0 Å². The lowest BCUT2D eigenvalue weighted by molar-refractivity contribution is -0.156. The molecule has 7 nitrogen and oxygen atoms in total. The van der Waals surface area contributed by atoms with Crippen molar-refractivity contribution in [2.45, 2.75) is 55.6 Å². The van der Waals surface area contributed by atoms with E-state index < -0.39 is 15.6 Å². The molecule has 0 radical (unpaired) electrons. The van der Waals surface area contributed by atoms with Crippen LogP contribution in [-0.2, 0) is 26.2 Å². The molecule has 1 saturated heterocycles. The number of amides is 2. The second-order valence-corrected chi connectivity index (χ2v) is 10.7. The highest BCUT2D eigenvalue weighted by Gasteiger charge is 2.52. The minimum absolute atomic E-state index is 0.0449. The first-order valence-electron chi connectivity index (χ1n) is 11.0. The first-order chi connectivity index (χ1) is 15.3. The van der Waals surface area contributed by atoms with Crippen LogP contribution in [0.1, 0.15) is 38.2 Å². The quantitative estimate of drug-likeness (QED) is 0.725. The molecule has 0 bridgehead atoms. The summed E-state index contributed by atoms with van der Waals surface area (Å²) in [5, 5.41) is 2.94. The maximum atomic E-state index is 13.5. The fraction of sp³-hybridized carbons (Fsp3) is 0.417. The Hall–Kier alpha value is -2.71. The fourth-order valence-corrected chi connectivity index (χ4v) is 6.31. The largest absolute Gasteiger partial charge is 0.350 e. The van der Waals surface area contributed by atoms with Gasteiger partial charge >= 0.3 is 0 Å². The standard InChI is InChI=1S/C24H29N3O4S/c1-24(23(29)25-16-19-10-4-2-5-11-19)18-26(32(30,31)21-14-6-3-7-15-21)17-22(28)27(24)20-12-8-9-13-20/h2-7,10-11,14-15,20H,8-9,12-13,16-18H2,1H3,(H,25,29)/t24-/m1/s1. The molecule has 2 aromatic carbocycles. The monoisotopic (exact) mass is 455 g/mol. The van der Waals surface area contributed by atoms with E-state index in [1.807, 2.05) is 30.3 Å². The van der Waals surface area contributed by atoms with E-state index in [0.29, 0.717) is 6.54 Å².